The van der Waals surface area contributed by atoms with Crippen molar-refractivity contribution in [3.8, 4) is 0 Å². The topological polar surface area (TPSA) is 23.5 Å². The van der Waals surface area contributed by atoms with Gasteiger partial charge in [0, 0.05) is 17.9 Å². The van der Waals surface area contributed by atoms with Gasteiger partial charge in [-0.2, -0.15) is 0 Å². The van der Waals surface area contributed by atoms with Gasteiger partial charge in [-0.15, -0.1) is 0 Å². The Hall–Kier alpha value is 0.400. The predicted octanol–water partition coefficient (Wildman–Crippen LogP) is 2.11. The molecular weight excluding hydrogens is 230 g/mol. The lowest BCUT2D eigenvalue weighted by atomic mass is 9.87. The van der Waals surface area contributed by atoms with Crippen molar-refractivity contribution in [2.75, 3.05) is 18.9 Å². The third kappa shape index (κ3) is 4.99. The lowest BCUT2D eigenvalue weighted by Gasteiger charge is -2.36. The predicted molar refractivity (Wildman–Crippen MR) is 61.3 cm³/mol. The van der Waals surface area contributed by atoms with Crippen molar-refractivity contribution in [1.29, 1.82) is 0 Å². The SMILES string of the molecule is CC(N(C)CC(O)CBr)C(C)(C)C. The number of alkyl halides is 1. The van der Waals surface area contributed by atoms with Crippen LogP contribution >= 0.6 is 15.9 Å². The first-order valence-electron chi connectivity index (χ1n) is 4.73. The number of aliphatic hydroxyl groups excluding tert-OH is 1. The molecule has 0 bridgehead atoms. The van der Waals surface area contributed by atoms with Crippen LogP contribution in [0.1, 0.15) is 27.7 Å². The minimum Gasteiger partial charge on any atom is -0.391 e. The van der Waals surface area contributed by atoms with Crippen LogP contribution in [0.25, 0.3) is 0 Å². The Balaban J connectivity index is 4.03. The molecule has 0 radical (unpaired) electrons. The lowest BCUT2D eigenvalue weighted by molar-refractivity contribution is 0.0829. The average molecular weight is 252 g/mol. The molecule has 0 aromatic carbocycles. The molecule has 0 heterocycles. The monoisotopic (exact) mass is 251 g/mol. The van der Waals surface area contributed by atoms with Gasteiger partial charge in [0.15, 0.2) is 0 Å². The Morgan fingerprint density at radius 2 is 1.85 bits per heavy atom. The van der Waals surface area contributed by atoms with Crippen LogP contribution in [0.2, 0.25) is 0 Å². The van der Waals surface area contributed by atoms with Gasteiger partial charge in [0.25, 0.3) is 0 Å². The highest BCUT2D eigenvalue weighted by molar-refractivity contribution is 9.09. The molecule has 2 atom stereocenters. The van der Waals surface area contributed by atoms with E-state index in [0.29, 0.717) is 11.4 Å². The molecule has 0 aromatic heterocycles. The summed E-state index contributed by atoms with van der Waals surface area (Å²) in [4.78, 5) is 2.20. The average Bonchev–Trinajstić information content (AvgIpc) is 2.01. The van der Waals surface area contributed by atoms with Gasteiger partial charge >= 0.3 is 0 Å². The van der Waals surface area contributed by atoms with E-state index in [2.05, 4.69) is 55.6 Å². The second-order valence-corrected chi connectivity index (χ2v) is 5.44. The van der Waals surface area contributed by atoms with E-state index in [1.165, 1.54) is 0 Å². The summed E-state index contributed by atoms with van der Waals surface area (Å²) < 4.78 is 0. The van der Waals surface area contributed by atoms with E-state index in [4.69, 9.17) is 0 Å². The van der Waals surface area contributed by atoms with E-state index in [1.807, 2.05) is 0 Å². The number of likely N-dealkylation sites (N-methyl/N-ethyl adjacent to an activating group) is 1. The molecule has 1 N–H and O–H groups in total. The number of halogens is 1. The summed E-state index contributed by atoms with van der Waals surface area (Å²) >= 11 is 3.27. The highest BCUT2D eigenvalue weighted by Gasteiger charge is 2.24. The Bertz CT molecular complexity index is 144. The maximum atomic E-state index is 9.45. The van der Waals surface area contributed by atoms with Gasteiger partial charge in [-0.05, 0) is 19.4 Å². The van der Waals surface area contributed by atoms with Gasteiger partial charge < -0.3 is 10.0 Å². The highest BCUT2D eigenvalue weighted by Crippen LogP contribution is 2.22. The van der Waals surface area contributed by atoms with Crippen molar-refractivity contribution >= 4 is 15.9 Å². The molecular formula is C10H22BrNO. The highest BCUT2D eigenvalue weighted by atomic mass is 79.9. The van der Waals surface area contributed by atoms with Crippen LogP contribution in [0.4, 0.5) is 0 Å². The van der Waals surface area contributed by atoms with Crippen molar-refractivity contribution in [2.45, 2.75) is 39.8 Å². The van der Waals surface area contributed by atoms with Crippen LogP contribution in [0.15, 0.2) is 0 Å². The van der Waals surface area contributed by atoms with E-state index >= 15 is 0 Å². The van der Waals surface area contributed by atoms with Crippen LogP contribution < -0.4 is 0 Å². The van der Waals surface area contributed by atoms with E-state index < -0.39 is 0 Å². The zero-order valence-corrected chi connectivity index (χ0v) is 10.9. The molecule has 0 aromatic rings. The number of nitrogens with zero attached hydrogens (tertiary/aromatic N) is 1. The fourth-order valence-electron chi connectivity index (χ4n) is 1.20. The van der Waals surface area contributed by atoms with E-state index in [1.54, 1.807) is 0 Å². The summed E-state index contributed by atoms with van der Waals surface area (Å²) in [6.07, 6.45) is -0.269. The van der Waals surface area contributed by atoms with Crippen molar-refractivity contribution in [3.05, 3.63) is 0 Å². The lowest BCUT2D eigenvalue weighted by Crippen LogP contribution is -2.43. The molecule has 13 heavy (non-hydrogen) atoms. The van der Waals surface area contributed by atoms with Crippen molar-refractivity contribution in [1.82, 2.24) is 4.90 Å². The second kappa shape index (κ2) is 5.32. The van der Waals surface area contributed by atoms with Crippen LogP contribution in [-0.4, -0.2) is 41.1 Å². The zero-order valence-electron chi connectivity index (χ0n) is 9.34. The van der Waals surface area contributed by atoms with Crippen molar-refractivity contribution in [2.24, 2.45) is 5.41 Å². The molecule has 2 nitrogen and oxygen atoms in total. The zero-order chi connectivity index (χ0) is 10.6. The molecule has 0 saturated carbocycles. The normalized spacial score (nSPS) is 17.5. The Labute approximate surface area is 90.4 Å². The minimum absolute atomic E-state index is 0.265. The van der Waals surface area contributed by atoms with Crippen molar-refractivity contribution < 1.29 is 5.11 Å². The second-order valence-electron chi connectivity index (χ2n) is 4.79. The minimum atomic E-state index is -0.269. The fourth-order valence-corrected chi connectivity index (χ4v) is 1.41. The quantitative estimate of drug-likeness (QED) is 0.774. The van der Waals surface area contributed by atoms with Gasteiger partial charge in [-0.25, -0.2) is 0 Å². The molecule has 0 rings (SSSR count). The number of rotatable bonds is 4. The molecule has 0 aliphatic heterocycles. The number of aliphatic hydroxyl groups is 1. The summed E-state index contributed by atoms with van der Waals surface area (Å²) in [7, 11) is 2.06. The first-order chi connectivity index (χ1) is 5.79. The third-order valence-electron chi connectivity index (χ3n) is 2.59. The van der Waals surface area contributed by atoms with Crippen molar-refractivity contribution in [3.63, 3.8) is 0 Å². The Kier molecular flexibility index (Phi) is 5.49. The first-order valence-corrected chi connectivity index (χ1v) is 5.85. The van der Waals surface area contributed by atoms with E-state index in [9.17, 15) is 5.11 Å². The first kappa shape index (κ1) is 13.4. The smallest absolute Gasteiger partial charge is 0.0763 e. The molecule has 3 heteroatoms. The summed E-state index contributed by atoms with van der Waals surface area (Å²) in [6, 6.07) is 0.473. The molecule has 0 saturated heterocycles. The Morgan fingerprint density at radius 3 is 2.15 bits per heavy atom. The van der Waals surface area contributed by atoms with Crippen LogP contribution in [-0.2, 0) is 0 Å². The van der Waals surface area contributed by atoms with Gasteiger partial charge in [-0.3, -0.25) is 0 Å². The van der Waals surface area contributed by atoms with Gasteiger partial charge in [0.2, 0.25) is 0 Å². The fraction of sp³-hybridized carbons (Fsp3) is 1.00. The summed E-state index contributed by atoms with van der Waals surface area (Å²) in [5.74, 6) is 0. The maximum Gasteiger partial charge on any atom is 0.0763 e. The van der Waals surface area contributed by atoms with E-state index in [0.717, 1.165) is 6.54 Å². The molecule has 2 unspecified atom stereocenters. The molecule has 0 aliphatic carbocycles. The molecule has 80 valence electrons. The molecule has 0 spiro atoms. The Morgan fingerprint density at radius 1 is 1.38 bits per heavy atom. The van der Waals surface area contributed by atoms with Gasteiger partial charge in [0.1, 0.15) is 0 Å². The summed E-state index contributed by atoms with van der Waals surface area (Å²) in [5, 5.41) is 10.1. The van der Waals surface area contributed by atoms with Gasteiger partial charge in [-0.1, -0.05) is 36.7 Å². The molecule has 0 amide bonds. The van der Waals surface area contributed by atoms with E-state index in [-0.39, 0.29) is 11.5 Å². The third-order valence-corrected chi connectivity index (χ3v) is 3.34. The number of hydrogen-bond acceptors (Lipinski definition) is 2. The van der Waals surface area contributed by atoms with Gasteiger partial charge in [0.05, 0.1) is 6.10 Å². The summed E-state index contributed by atoms with van der Waals surface area (Å²) in [6.45, 7) is 9.57. The van der Waals surface area contributed by atoms with Crippen LogP contribution in [0.5, 0.6) is 0 Å². The van der Waals surface area contributed by atoms with Crippen LogP contribution in [0.3, 0.4) is 0 Å². The molecule has 0 fully saturated rings. The summed E-state index contributed by atoms with van der Waals surface area (Å²) in [5.41, 5.74) is 0.265. The largest absolute Gasteiger partial charge is 0.391 e. The maximum absolute atomic E-state index is 9.45. The molecule has 0 aliphatic rings. The standard InChI is InChI=1S/C10H22BrNO/c1-8(10(2,3)4)12(5)7-9(13)6-11/h8-9,13H,6-7H2,1-5H3. The van der Waals surface area contributed by atoms with Crippen LogP contribution in [0, 0.1) is 5.41 Å². The number of hydrogen-bond donors (Lipinski definition) is 1.